The summed E-state index contributed by atoms with van der Waals surface area (Å²) in [6, 6.07) is 7.96. The molecule has 6 nitrogen and oxygen atoms in total. The van der Waals surface area contributed by atoms with Gasteiger partial charge in [-0.2, -0.15) is 0 Å². The summed E-state index contributed by atoms with van der Waals surface area (Å²) >= 11 is 6.10. The number of nitrogens with one attached hydrogen (secondary N) is 1. The van der Waals surface area contributed by atoms with Crippen LogP contribution in [0.25, 0.3) is 0 Å². The molecule has 0 unspecified atom stereocenters. The molecule has 0 bridgehead atoms. The van der Waals surface area contributed by atoms with Crippen molar-refractivity contribution < 1.29 is 4.42 Å². The maximum atomic E-state index is 6.10. The van der Waals surface area contributed by atoms with Crippen LogP contribution in [0.5, 0.6) is 0 Å². The third-order valence-electron chi connectivity index (χ3n) is 5.57. The Morgan fingerprint density at radius 2 is 2.07 bits per heavy atom. The van der Waals surface area contributed by atoms with Crippen molar-refractivity contribution in [2.75, 3.05) is 33.7 Å². The summed E-state index contributed by atoms with van der Waals surface area (Å²) in [4.78, 5) is 13.5. The van der Waals surface area contributed by atoms with Crippen molar-refractivity contribution in [2.45, 2.75) is 39.8 Å². The molecule has 0 atom stereocenters. The number of piperidine rings is 1. The summed E-state index contributed by atoms with van der Waals surface area (Å²) in [6.45, 7) is 8.63. The van der Waals surface area contributed by atoms with E-state index in [1.807, 2.05) is 39.1 Å². The average Bonchev–Trinajstić information content (AvgIpc) is 3.00. The molecule has 1 N–H and O–H groups in total. The van der Waals surface area contributed by atoms with Gasteiger partial charge >= 0.3 is 0 Å². The van der Waals surface area contributed by atoms with Gasteiger partial charge in [0.2, 0.25) is 5.89 Å². The van der Waals surface area contributed by atoms with Gasteiger partial charge in [-0.3, -0.25) is 9.89 Å². The first-order valence-electron chi connectivity index (χ1n) is 10.3. The minimum absolute atomic E-state index is 0. The van der Waals surface area contributed by atoms with Crippen LogP contribution in [0, 0.1) is 19.8 Å². The fraction of sp³-hybridized carbons (Fsp3) is 0.545. The molecule has 30 heavy (non-hydrogen) atoms. The molecule has 1 aromatic heterocycles. The standard InChI is InChI=1S/C22H32ClN5O.HI/c1-16-17(2)29-21(26-16)15-28-10-8-18(9-11-28)13-25-22(24-3)27(4)14-19-6-5-7-20(23)12-19;/h5-7,12,18H,8-11,13-15H2,1-4H3,(H,24,25);1H. The van der Waals surface area contributed by atoms with E-state index in [-0.39, 0.29) is 24.0 Å². The molecule has 2 heterocycles. The van der Waals surface area contributed by atoms with Gasteiger partial charge in [-0.1, -0.05) is 23.7 Å². The molecule has 2 aromatic rings. The molecule has 8 heteroatoms. The highest BCUT2D eigenvalue weighted by Crippen LogP contribution is 2.19. The fourth-order valence-electron chi connectivity index (χ4n) is 3.75. The Hall–Kier alpha value is -1.32. The Bertz CT molecular complexity index is 813. The lowest BCUT2D eigenvalue weighted by Crippen LogP contribution is -2.43. The number of rotatable bonds is 6. The number of hydrogen-bond donors (Lipinski definition) is 1. The van der Waals surface area contributed by atoms with Crippen molar-refractivity contribution in [2.24, 2.45) is 10.9 Å². The molecule has 0 spiro atoms. The fourth-order valence-corrected chi connectivity index (χ4v) is 3.96. The van der Waals surface area contributed by atoms with Gasteiger partial charge in [0.25, 0.3) is 0 Å². The largest absolute Gasteiger partial charge is 0.444 e. The van der Waals surface area contributed by atoms with Crippen molar-refractivity contribution in [3.05, 3.63) is 52.2 Å². The number of guanidine groups is 1. The predicted octanol–water partition coefficient (Wildman–Crippen LogP) is 4.48. The van der Waals surface area contributed by atoms with Gasteiger partial charge in [0.15, 0.2) is 5.96 Å². The normalized spacial score (nSPS) is 15.7. The Morgan fingerprint density at radius 3 is 2.67 bits per heavy atom. The maximum absolute atomic E-state index is 6.10. The SMILES string of the molecule is CN=C(NCC1CCN(Cc2nc(C)c(C)o2)CC1)N(C)Cc1cccc(Cl)c1.I. The molecule has 0 aliphatic carbocycles. The smallest absolute Gasteiger partial charge is 0.208 e. The second kappa shape index (κ2) is 11.9. The van der Waals surface area contributed by atoms with Crippen molar-refractivity contribution >= 4 is 41.5 Å². The number of halogens is 2. The number of benzene rings is 1. The summed E-state index contributed by atoms with van der Waals surface area (Å²) < 4.78 is 5.73. The predicted molar refractivity (Wildman–Crippen MR) is 134 cm³/mol. The van der Waals surface area contributed by atoms with Crippen molar-refractivity contribution in [1.29, 1.82) is 0 Å². The summed E-state index contributed by atoms with van der Waals surface area (Å²) in [5.74, 6) is 3.32. The third-order valence-corrected chi connectivity index (χ3v) is 5.80. The van der Waals surface area contributed by atoms with Crippen LogP contribution in [0.3, 0.4) is 0 Å². The molecule has 1 saturated heterocycles. The molecule has 1 aliphatic heterocycles. The minimum Gasteiger partial charge on any atom is -0.444 e. The first-order chi connectivity index (χ1) is 13.9. The topological polar surface area (TPSA) is 56.9 Å². The monoisotopic (exact) mass is 545 g/mol. The molecule has 1 aliphatic rings. The van der Waals surface area contributed by atoms with E-state index in [2.05, 4.69) is 38.2 Å². The van der Waals surface area contributed by atoms with E-state index in [1.54, 1.807) is 0 Å². The molecule has 0 radical (unpaired) electrons. The first-order valence-corrected chi connectivity index (χ1v) is 10.6. The van der Waals surface area contributed by atoms with Crippen LogP contribution in [-0.4, -0.2) is 54.5 Å². The summed E-state index contributed by atoms with van der Waals surface area (Å²) in [7, 11) is 3.89. The van der Waals surface area contributed by atoms with Gasteiger partial charge in [-0.15, -0.1) is 24.0 Å². The second-order valence-corrected chi connectivity index (χ2v) is 8.32. The van der Waals surface area contributed by atoms with E-state index in [9.17, 15) is 0 Å². The van der Waals surface area contributed by atoms with Gasteiger partial charge < -0.3 is 14.6 Å². The lowest BCUT2D eigenvalue weighted by molar-refractivity contribution is 0.163. The van der Waals surface area contributed by atoms with Gasteiger partial charge in [0.1, 0.15) is 5.76 Å². The third kappa shape index (κ3) is 7.13. The van der Waals surface area contributed by atoms with E-state index >= 15 is 0 Å². The maximum Gasteiger partial charge on any atom is 0.208 e. The molecule has 1 fully saturated rings. The summed E-state index contributed by atoms with van der Waals surface area (Å²) in [5, 5.41) is 4.31. The lowest BCUT2D eigenvalue weighted by Gasteiger charge is -2.32. The van der Waals surface area contributed by atoms with E-state index < -0.39 is 0 Å². The van der Waals surface area contributed by atoms with Crippen LogP contribution in [-0.2, 0) is 13.1 Å². The number of aryl methyl sites for hydroxylation is 2. The van der Waals surface area contributed by atoms with Crippen molar-refractivity contribution in [3.8, 4) is 0 Å². The molecular weight excluding hydrogens is 513 g/mol. The van der Waals surface area contributed by atoms with Gasteiger partial charge in [-0.25, -0.2) is 4.98 Å². The molecule has 3 rings (SSSR count). The highest BCUT2D eigenvalue weighted by atomic mass is 127. The van der Waals surface area contributed by atoms with E-state index in [0.717, 1.165) is 61.1 Å². The van der Waals surface area contributed by atoms with Crippen LogP contribution in [0.4, 0.5) is 0 Å². The average molecular weight is 546 g/mol. The van der Waals surface area contributed by atoms with Crippen LogP contribution in [0.15, 0.2) is 33.7 Å². The van der Waals surface area contributed by atoms with Crippen molar-refractivity contribution in [1.82, 2.24) is 20.1 Å². The lowest BCUT2D eigenvalue weighted by atomic mass is 9.97. The highest BCUT2D eigenvalue weighted by Gasteiger charge is 2.21. The Morgan fingerprint density at radius 1 is 1.33 bits per heavy atom. The van der Waals surface area contributed by atoms with Crippen LogP contribution in [0.1, 0.15) is 35.7 Å². The number of oxazole rings is 1. The minimum atomic E-state index is 0. The van der Waals surface area contributed by atoms with Gasteiger partial charge in [-0.05, 0) is 63.4 Å². The van der Waals surface area contributed by atoms with E-state index in [0.29, 0.717) is 5.92 Å². The molecule has 0 saturated carbocycles. The van der Waals surface area contributed by atoms with Gasteiger partial charge in [0, 0.05) is 32.2 Å². The zero-order valence-electron chi connectivity index (χ0n) is 18.3. The second-order valence-electron chi connectivity index (χ2n) is 7.88. The number of hydrogen-bond acceptors (Lipinski definition) is 4. The van der Waals surface area contributed by atoms with Crippen molar-refractivity contribution in [3.63, 3.8) is 0 Å². The Labute approximate surface area is 202 Å². The number of likely N-dealkylation sites (tertiary alicyclic amines) is 1. The Balaban J connectivity index is 0.00000320. The number of aromatic nitrogens is 1. The summed E-state index contributed by atoms with van der Waals surface area (Å²) in [5.41, 5.74) is 2.17. The van der Waals surface area contributed by atoms with Crippen LogP contribution < -0.4 is 5.32 Å². The van der Waals surface area contributed by atoms with Gasteiger partial charge in [0.05, 0.1) is 12.2 Å². The molecule has 0 amide bonds. The first kappa shape index (κ1) is 24.9. The number of aliphatic imine (C=N–C) groups is 1. The molecule has 1 aromatic carbocycles. The van der Waals surface area contributed by atoms with E-state index in [4.69, 9.17) is 16.0 Å². The molecule has 166 valence electrons. The quantitative estimate of drug-likeness (QED) is 0.330. The number of nitrogens with zero attached hydrogens (tertiary/aromatic N) is 4. The Kier molecular flexibility index (Phi) is 9.90. The highest BCUT2D eigenvalue weighted by molar-refractivity contribution is 14.0. The van der Waals surface area contributed by atoms with Crippen LogP contribution in [0.2, 0.25) is 5.02 Å². The van der Waals surface area contributed by atoms with E-state index in [1.165, 1.54) is 18.4 Å². The zero-order chi connectivity index (χ0) is 20.8. The zero-order valence-corrected chi connectivity index (χ0v) is 21.4. The molecular formula is C22H33ClIN5O. The van der Waals surface area contributed by atoms with Crippen LogP contribution >= 0.6 is 35.6 Å². The summed E-state index contributed by atoms with van der Waals surface area (Å²) in [6.07, 6.45) is 2.33.